The highest BCUT2D eigenvalue weighted by atomic mass is 32.2. The maximum atomic E-state index is 11.4. The number of nitro groups is 1. The summed E-state index contributed by atoms with van der Waals surface area (Å²) in [7, 11) is 0. The second-order valence-corrected chi connectivity index (χ2v) is 6.88. The van der Waals surface area contributed by atoms with E-state index < -0.39 is 4.92 Å². The van der Waals surface area contributed by atoms with Gasteiger partial charge in [-0.2, -0.15) is 4.98 Å². The molecule has 0 fully saturated rings. The van der Waals surface area contributed by atoms with Crippen LogP contribution in [-0.2, 0) is 0 Å². The number of hydrogen-bond donors (Lipinski definition) is 0. The average molecular weight is 378 g/mol. The van der Waals surface area contributed by atoms with E-state index in [-0.39, 0.29) is 5.69 Å². The van der Waals surface area contributed by atoms with Crippen molar-refractivity contribution in [3.8, 4) is 11.3 Å². The van der Waals surface area contributed by atoms with Gasteiger partial charge in [0.2, 0.25) is 5.16 Å². The molecule has 0 unspecified atom stereocenters. The van der Waals surface area contributed by atoms with Crippen molar-refractivity contribution < 1.29 is 4.92 Å². The van der Waals surface area contributed by atoms with Crippen LogP contribution in [0, 0.1) is 24.0 Å². The van der Waals surface area contributed by atoms with Gasteiger partial charge in [0.05, 0.1) is 4.92 Å². The van der Waals surface area contributed by atoms with Gasteiger partial charge in [0.25, 0.3) is 11.5 Å². The summed E-state index contributed by atoms with van der Waals surface area (Å²) < 4.78 is 1.67. The van der Waals surface area contributed by atoms with Crippen LogP contribution < -0.4 is 0 Å². The zero-order valence-corrected chi connectivity index (χ0v) is 15.3. The highest BCUT2D eigenvalue weighted by Gasteiger charge is 2.19. The smallest absolute Gasteiger partial charge is 0.258 e. The van der Waals surface area contributed by atoms with Crippen LogP contribution in [0.5, 0.6) is 0 Å². The predicted octanol–water partition coefficient (Wildman–Crippen LogP) is 3.86. The Bertz CT molecular complexity index is 1160. The number of aryl methyl sites for hydroxylation is 2. The first-order valence-corrected chi connectivity index (χ1v) is 8.92. The van der Waals surface area contributed by atoms with Crippen LogP contribution in [0.2, 0.25) is 0 Å². The quantitative estimate of drug-likeness (QED) is 0.393. The van der Waals surface area contributed by atoms with Crippen molar-refractivity contribution in [3.63, 3.8) is 0 Å². The number of aromatic nitrogens is 5. The molecule has 0 radical (unpaired) electrons. The Kier molecular flexibility index (Phi) is 4.28. The molecule has 0 aliphatic carbocycles. The van der Waals surface area contributed by atoms with Crippen LogP contribution in [0.15, 0.2) is 58.7 Å². The fourth-order valence-electron chi connectivity index (χ4n) is 2.73. The molecule has 0 amide bonds. The number of fused-ring (bicyclic) bond motifs is 1. The van der Waals surface area contributed by atoms with Gasteiger partial charge in [-0.1, -0.05) is 30.3 Å². The molecule has 0 saturated heterocycles. The van der Waals surface area contributed by atoms with Crippen molar-refractivity contribution in [2.75, 3.05) is 0 Å². The molecular formula is C18H14N6O2S. The van der Waals surface area contributed by atoms with E-state index >= 15 is 0 Å². The van der Waals surface area contributed by atoms with Gasteiger partial charge in [0, 0.05) is 23.0 Å². The van der Waals surface area contributed by atoms with E-state index in [2.05, 4.69) is 20.1 Å². The molecule has 0 N–H and O–H groups in total. The Morgan fingerprint density at radius 1 is 1.04 bits per heavy atom. The first-order chi connectivity index (χ1) is 13.0. The van der Waals surface area contributed by atoms with Gasteiger partial charge in [-0.3, -0.25) is 10.1 Å². The van der Waals surface area contributed by atoms with E-state index in [1.807, 2.05) is 38.1 Å². The Balaban J connectivity index is 1.75. The SMILES string of the molecule is Cc1cc(C)n2nc(Sc3ccc([N+](=O)[O-])c(-c4ccccc4)n3)nc2n1. The molecule has 0 saturated carbocycles. The van der Waals surface area contributed by atoms with Crippen molar-refractivity contribution in [2.45, 2.75) is 24.0 Å². The molecule has 4 aromatic rings. The van der Waals surface area contributed by atoms with E-state index in [1.165, 1.54) is 17.8 Å². The average Bonchev–Trinajstić information content (AvgIpc) is 3.05. The number of nitrogens with zero attached hydrogens (tertiary/aromatic N) is 6. The molecular weight excluding hydrogens is 364 g/mol. The lowest BCUT2D eigenvalue weighted by Gasteiger charge is -2.04. The third-order valence-electron chi connectivity index (χ3n) is 3.89. The Morgan fingerprint density at radius 3 is 2.56 bits per heavy atom. The molecule has 8 nitrogen and oxygen atoms in total. The topological polar surface area (TPSA) is 99.1 Å². The number of benzene rings is 1. The molecule has 0 bridgehead atoms. The van der Waals surface area contributed by atoms with Crippen LogP contribution in [0.3, 0.4) is 0 Å². The van der Waals surface area contributed by atoms with Crippen LogP contribution >= 0.6 is 11.8 Å². The summed E-state index contributed by atoms with van der Waals surface area (Å²) in [5.74, 6) is 0.514. The number of hydrogen-bond acceptors (Lipinski definition) is 7. The minimum Gasteiger partial charge on any atom is -0.258 e. The third-order valence-corrected chi connectivity index (χ3v) is 4.68. The summed E-state index contributed by atoms with van der Waals surface area (Å²) in [4.78, 5) is 24.2. The van der Waals surface area contributed by atoms with Crippen molar-refractivity contribution >= 4 is 23.2 Å². The minimum absolute atomic E-state index is 0.0401. The van der Waals surface area contributed by atoms with Crippen LogP contribution in [0.25, 0.3) is 17.0 Å². The van der Waals surface area contributed by atoms with Crippen molar-refractivity contribution in [3.05, 3.63) is 70.0 Å². The van der Waals surface area contributed by atoms with Gasteiger partial charge in [-0.25, -0.2) is 14.5 Å². The standard InChI is InChI=1S/C18H14N6O2S/c1-11-10-12(2)23-17(19-11)21-18(22-23)27-15-9-8-14(24(25)26)16(20-15)13-6-4-3-5-7-13/h3-10H,1-2H3. The molecule has 4 rings (SSSR count). The van der Waals surface area contributed by atoms with E-state index in [4.69, 9.17) is 0 Å². The molecule has 0 spiro atoms. The summed E-state index contributed by atoms with van der Waals surface area (Å²) in [6.07, 6.45) is 0. The molecule has 1 aromatic carbocycles. The Labute approximate surface area is 158 Å². The summed E-state index contributed by atoms with van der Waals surface area (Å²) in [6, 6.07) is 14.1. The van der Waals surface area contributed by atoms with E-state index in [0.717, 1.165) is 11.4 Å². The normalized spacial score (nSPS) is 11.0. The highest BCUT2D eigenvalue weighted by Crippen LogP contribution is 2.32. The largest absolute Gasteiger partial charge is 0.295 e. The van der Waals surface area contributed by atoms with Gasteiger partial charge in [0.15, 0.2) is 0 Å². The summed E-state index contributed by atoms with van der Waals surface area (Å²) >= 11 is 1.24. The molecule has 3 heterocycles. The summed E-state index contributed by atoms with van der Waals surface area (Å²) in [5.41, 5.74) is 2.76. The Morgan fingerprint density at radius 2 is 1.81 bits per heavy atom. The monoisotopic (exact) mass is 378 g/mol. The lowest BCUT2D eigenvalue weighted by Crippen LogP contribution is -1.97. The number of pyridine rings is 1. The zero-order valence-electron chi connectivity index (χ0n) is 14.5. The van der Waals surface area contributed by atoms with E-state index in [0.29, 0.717) is 27.2 Å². The van der Waals surface area contributed by atoms with Gasteiger partial charge >= 0.3 is 0 Å². The number of rotatable bonds is 4. The first kappa shape index (κ1) is 17.1. The first-order valence-electron chi connectivity index (χ1n) is 8.11. The molecule has 0 aliphatic heterocycles. The minimum atomic E-state index is -0.428. The van der Waals surface area contributed by atoms with E-state index in [1.54, 1.807) is 22.7 Å². The van der Waals surface area contributed by atoms with Crippen LogP contribution in [0.1, 0.15) is 11.4 Å². The Hall–Kier alpha value is -3.33. The predicted molar refractivity (Wildman–Crippen MR) is 101 cm³/mol. The third kappa shape index (κ3) is 3.36. The molecule has 27 heavy (non-hydrogen) atoms. The molecule has 134 valence electrons. The molecule has 9 heteroatoms. The van der Waals surface area contributed by atoms with Gasteiger partial charge < -0.3 is 0 Å². The van der Waals surface area contributed by atoms with Crippen molar-refractivity contribution in [1.82, 2.24) is 24.6 Å². The second-order valence-electron chi connectivity index (χ2n) is 5.89. The van der Waals surface area contributed by atoms with Crippen LogP contribution in [-0.4, -0.2) is 29.5 Å². The fourth-order valence-corrected chi connectivity index (χ4v) is 3.44. The molecule has 0 atom stereocenters. The lowest BCUT2D eigenvalue weighted by molar-refractivity contribution is -0.384. The maximum Gasteiger partial charge on any atom is 0.295 e. The van der Waals surface area contributed by atoms with Crippen LogP contribution in [0.4, 0.5) is 5.69 Å². The van der Waals surface area contributed by atoms with Gasteiger partial charge in [0.1, 0.15) is 10.7 Å². The second kappa shape index (κ2) is 6.76. The molecule has 3 aromatic heterocycles. The van der Waals surface area contributed by atoms with Crippen molar-refractivity contribution in [1.29, 1.82) is 0 Å². The lowest BCUT2D eigenvalue weighted by atomic mass is 10.1. The molecule has 0 aliphatic rings. The van der Waals surface area contributed by atoms with Crippen molar-refractivity contribution in [2.24, 2.45) is 0 Å². The fraction of sp³-hybridized carbons (Fsp3) is 0.111. The van der Waals surface area contributed by atoms with Gasteiger partial charge in [-0.05, 0) is 37.7 Å². The maximum absolute atomic E-state index is 11.4. The summed E-state index contributed by atoms with van der Waals surface area (Å²) in [6.45, 7) is 3.83. The summed E-state index contributed by atoms with van der Waals surface area (Å²) in [5, 5.41) is 16.9. The zero-order chi connectivity index (χ0) is 19.0. The highest BCUT2D eigenvalue weighted by molar-refractivity contribution is 7.99. The van der Waals surface area contributed by atoms with Gasteiger partial charge in [-0.15, -0.1) is 5.10 Å². The van der Waals surface area contributed by atoms with E-state index in [9.17, 15) is 10.1 Å².